The summed E-state index contributed by atoms with van der Waals surface area (Å²) in [6.07, 6.45) is 6.85. The summed E-state index contributed by atoms with van der Waals surface area (Å²) in [6, 6.07) is 3.46. The summed E-state index contributed by atoms with van der Waals surface area (Å²) in [6.45, 7) is 0. The molecule has 78 valence electrons. The first kappa shape index (κ1) is 8.71. The molecule has 0 radical (unpaired) electrons. The van der Waals surface area contributed by atoms with Gasteiger partial charge in [0.2, 0.25) is 5.65 Å². The Morgan fingerprint density at radius 2 is 2.07 bits per heavy atom. The third-order valence-corrected chi connectivity index (χ3v) is 3.16. The van der Waals surface area contributed by atoms with E-state index in [1.807, 2.05) is 16.7 Å². The molecule has 0 bridgehead atoms. The van der Waals surface area contributed by atoms with Crippen LogP contribution in [0.5, 0.6) is 5.75 Å². The molecule has 2 heterocycles. The van der Waals surface area contributed by atoms with E-state index in [9.17, 15) is 5.11 Å². The number of rotatable bonds is 1. The highest BCUT2D eigenvalue weighted by molar-refractivity contribution is 5.52. The maximum Gasteiger partial charge on any atom is 0.203 e. The summed E-state index contributed by atoms with van der Waals surface area (Å²) in [5.74, 6) is 1.72. The summed E-state index contributed by atoms with van der Waals surface area (Å²) >= 11 is 0. The van der Waals surface area contributed by atoms with Crippen molar-refractivity contribution in [2.75, 3.05) is 0 Å². The van der Waals surface area contributed by atoms with Crippen LogP contribution in [0.1, 0.15) is 37.4 Å². The number of nitrogens with zero attached hydrogens (tertiary/aromatic N) is 3. The first-order valence-corrected chi connectivity index (χ1v) is 5.39. The van der Waals surface area contributed by atoms with E-state index < -0.39 is 0 Å². The van der Waals surface area contributed by atoms with E-state index in [1.165, 1.54) is 25.7 Å². The number of aromatic hydroxyl groups is 1. The van der Waals surface area contributed by atoms with Crippen LogP contribution in [0.15, 0.2) is 18.3 Å². The molecular weight excluding hydrogens is 190 g/mol. The van der Waals surface area contributed by atoms with Crippen LogP contribution in [0.3, 0.4) is 0 Å². The number of aromatic nitrogens is 3. The molecule has 3 rings (SSSR count). The Balaban J connectivity index is 2.15. The van der Waals surface area contributed by atoms with Gasteiger partial charge in [0.15, 0.2) is 5.75 Å². The second kappa shape index (κ2) is 3.22. The van der Waals surface area contributed by atoms with Gasteiger partial charge in [-0.05, 0) is 25.0 Å². The lowest BCUT2D eigenvalue weighted by Gasteiger charge is -2.06. The molecular formula is C11H13N3O. The predicted molar refractivity (Wildman–Crippen MR) is 55.9 cm³/mol. The molecule has 0 saturated heterocycles. The summed E-state index contributed by atoms with van der Waals surface area (Å²) < 4.78 is 1.91. The van der Waals surface area contributed by atoms with E-state index in [-0.39, 0.29) is 5.75 Å². The molecule has 0 amide bonds. The van der Waals surface area contributed by atoms with Gasteiger partial charge in [0.05, 0.1) is 0 Å². The van der Waals surface area contributed by atoms with Gasteiger partial charge < -0.3 is 5.11 Å². The topological polar surface area (TPSA) is 50.4 Å². The van der Waals surface area contributed by atoms with Gasteiger partial charge in [0.25, 0.3) is 0 Å². The summed E-state index contributed by atoms with van der Waals surface area (Å²) in [5.41, 5.74) is 0.569. The number of fused-ring (bicyclic) bond motifs is 1. The van der Waals surface area contributed by atoms with Crippen LogP contribution in [-0.4, -0.2) is 19.7 Å². The van der Waals surface area contributed by atoms with Gasteiger partial charge in [-0.15, -0.1) is 10.2 Å². The quantitative estimate of drug-likeness (QED) is 0.772. The van der Waals surface area contributed by atoms with Crippen molar-refractivity contribution < 1.29 is 5.11 Å². The minimum absolute atomic E-state index is 0.203. The Kier molecular flexibility index (Phi) is 1.87. The van der Waals surface area contributed by atoms with E-state index >= 15 is 0 Å². The Labute approximate surface area is 87.6 Å². The van der Waals surface area contributed by atoms with Gasteiger partial charge in [0, 0.05) is 12.1 Å². The molecule has 1 N–H and O–H groups in total. The average molecular weight is 203 g/mol. The van der Waals surface area contributed by atoms with Crippen molar-refractivity contribution in [2.24, 2.45) is 0 Å². The molecule has 0 aromatic carbocycles. The minimum atomic E-state index is 0.203. The lowest BCUT2D eigenvalue weighted by molar-refractivity contribution is 0.477. The standard InChI is InChI=1S/C11H13N3O/c15-9-6-3-7-14-10(12-13-11(9)14)8-4-1-2-5-8/h3,6-8,15H,1-2,4-5H2. The van der Waals surface area contributed by atoms with Crippen molar-refractivity contribution >= 4 is 5.65 Å². The monoisotopic (exact) mass is 203 g/mol. The maximum atomic E-state index is 9.60. The van der Waals surface area contributed by atoms with Crippen LogP contribution in [0, 0.1) is 0 Å². The van der Waals surface area contributed by atoms with Crippen molar-refractivity contribution in [1.29, 1.82) is 0 Å². The third kappa shape index (κ3) is 1.28. The zero-order valence-corrected chi connectivity index (χ0v) is 8.43. The van der Waals surface area contributed by atoms with Gasteiger partial charge in [-0.1, -0.05) is 12.8 Å². The fourth-order valence-corrected chi connectivity index (χ4v) is 2.38. The first-order chi connectivity index (χ1) is 7.36. The highest BCUT2D eigenvalue weighted by Crippen LogP contribution is 2.33. The molecule has 1 fully saturated rings. The Morgan fingerprint density at radius 1 is 1.27 bits per heavy atom. The van der Waals surface area contributed by atoms with E-state index in [0.29, 0.717) is 11.6 Å². The van der Waals surface area contributed by atoms with Crippen LogP contribution >= 0.6 is 0 Å². The Hall–Kier alpha value is -1.58. The predicted octanol–water partition coefficient (Wildman–Crippen LogP) is 2.09. The highest BCUT2D eigenvalue weighted by atomic mass is 16.3. The smallest absolute Gasteiger partial charge is 0.203 e. The summed E-state index contributed by atoms with van der Waals surface area (Å²) in [4.78, 5) is 0. The molecule has 4 heteroatoms. The fourth-order valence-electron chi connectivity index (χ4n) is 2.38. The number of hydrogen-bond acceptors (Lipinski definition) is 3. The maximum absolute atomic E-state index is 9.60. The third-order valence-electron chi connectivity index (χ3n) is 3.16. The van der Waals surface area contributed by atoms with Crippen molar-refractivity contribution in [2.45, 2.75) is 31.6 Å². The van der Waals surface area contributed by atoms with Gasteiger partial charge >= 0.3 is 0 Å². The average Bonchev–Trinajstić information content (AvgIpc) is 2.85. The van der Waals surface area contributed by atoms with Crippen LogP contribution in [0.25, 0.3) is 5.65 Å². The van der Waals surface area contributed by atoms with Crippen molar-refractivity contribution in [3.05, 3.63) is 24.2 Å². The van der Waals surface area contributed by atoms with E-state index in [2.05, 4.69) is 10.2 Å². The van der Waals surface area contributed by atoms with Gasteiger partial charge in [0.1, 0.15) is 5.82 Å². The normalized spacial score (nSPS) is 17.6. The van der Waals surface area contributed by atoms with Gasteiger partial charge in [-0.25, -0.2) is 0 Å². The van der Waals surface area contributed by atoms with Gasteiger partial charge in [-0.2, -0.15) is 0 Å². The summed E-state index contributed by atoms with van der Waals surface area (Å²) in [7, 11) is 0. The minimum Gasteiger partial charge on any atom is -0.504 e. The van der Waals surface area contributed by atoms with Crippen LogP contribution < -0.4 is 0 Å². The molecule has 1 aliphatic carbocycles. The van der Waals surface area contributed by atoms with E-state index in [1.54, 1.807) is 6.07 Å². The number of hydrogen-bond donors (Lipinski definition) is 1. The molecule has 0 spiro atoms. The largest absolute Gasteiger partial charge is 0.504 e. The lowest BCUT2D eigenvalue weighted by Crippen LogP contribution is -1.99. The molecule has 1 aliphatic rings. The number of pyridine rings is 1. The van der Waals surface area contributed by atoms with E-state index in [4.69, 9.17) is 0 Å². The highest BCUT2D eigenvalue weighted by Gasteiger charge is 2.22. The molecule has 4 nitrogen and oxygen atoms in total. The first-order valence-electron chi connectivity index (χ1n) is 5.39. The Morgan fingerprint density at radius 3 is 2.87 bits per heavy atom. The SMILES string of the molecule is Oc1cccn2c(C3CCCC3)nnc12. The molecule has 0 atom stereocenters. The zero-order valence-electron chi connectivity index (χ0n) is 8.43. The Bertz CT molecular complexity index is 486. The van der Waals surface area contributed by atoms with Crippen molar-refractivity contribution in [3.8, 4) is 5.75 Å². The second-order valence-corrected chi connectivity index (χ2v) is 4.13. The van der Waals surface area contributed by atoms with Crippen LogP contribution in [0.4, 0.5) is 0 Å². The summed E-state index contributed by atoms with van der Waals surface area (Å²) in [5, 5.41) is 17.8. The van der Waals surface area contributed by atoms with Crippen molar-refractivity contribution in [1.82, 2.24) is 14.6 Å². The second-order valence-electron chi connectivity index (χ2n) is 4.13. The molecule has 15 heavy (non-hydrogen) atoms. The van der Waals surface area contributed by atoms with Gasteiger partial charge in [-0.3, -0.25) is 4.40 Å². The molecule has 1 saturated carbocycles. The van der Waals surface area contributed by atoms with E-state index in [0.717, 1.165) is 5.82 Å². The molecule has 0 unspecified atom stereocenters. The van der Waals surface area contributed by atoms with Crippen molar-refractivity contribution in [3.63, 3.8) is 0 Å². The molecule has 2 aromatic heterocycles. The van der Waals surface area contributed by atoms with Crippen LogP contribution in [0.2, 0.25) is 0 Å². The zero-order chi connectivity index (χ0) is 10.3. The fraction of sp³-hybridized carbons (Fsp3) is 0.455. The molecule has 0 aliphatic heterocycles. The lowest BCUT2D eigenvalue weighted by atomic mass is 10.1. The molecule has 2 aromatic rings. The van der Waals surface area contributed by atoms with Crippen LogP contribution in [-0.2, 0) is 0 Å².